The molecule has 0 saturated carbocycles. The van der Waals surface area contributed by atoms with Crippen molar-refractivity contribution in [2.24, 2.45) is 0 Å². The molecule has 0 atom stereocenters. The van der Waals surface area contributed by atoms with Gasteiger partial charge in [0.15, 0.2) is 0 Å². The van der Waals surface area contributed by atoms with Crippen LogP contribution in [0.25, 0.3) is 0 Å². The summed E-state index contributed by atoms with van der Waals surface area (Å²) < 4.78 is 6.11. The Hall–Kier alpha value is -2.03. The first-order chi connectivity index (χ1) is 11.7. The van der Waals surface area contributed by atoms with Crippen LogP contribution in [0.3, 0.4) is 0 Å². The molecular weight excluding hydrogens is 296 g/mol. The second kappa shape index (κ2) is 6.46. The lowest BCUT2D eigenvalue weighted by Crippen LogP contribution is -2.16. The maximum absolute atomic E-state index is 6.11. The molecule has 0 N–H and O–H groups in total. The highest BCUT2D eigenvalue weighted by Gasteiger charge is 2.26. The molecule has 2 aliphatic heterocycles. The van der Waals surface area contributed by atoms with Gasteiger partial charge in [0.2, 0.25) is 0 Å². The van der Waals surface area contributed by atoms with Crippen molar-refractivity contribution in [3.63, 3.8) is 0 Å². The van der Waals surface area contributed by atoms with Crippen LogP contribution in [0.4, 0.5) is 5.69 Å². The van der Waals surface area contributed by atoms with E-state index in [0.717, 1.165) is 38.3 Å². The molecule has 4 rings (SSSR count). The van der Waals surface area contributed by atoms with Crippen LogP contribution in [-0.2, 0) is 19.5 Å². The first-order valence-electron chi connectivity index (χ1n) is 9.18. The van der Waals surface area contributed by atoms with Gasteiger partial charge in [-0.05, 0) is 61.9 Å². The van der Waals surface area contributed by atoms with Gasteiger partial charge < -0.3 is 9.64 Å². The topological polar surface area (TPSA) is 25.4 Å². The Balaban J connectivity index is 1.77. The molecule has 126 valence electrons. The van der Waals surface area contributed by atoms with E-state index < -0.39 is 0 Å². The highest BCUT2D eigenvalue weighted by atomic mass is 16.5. The van der Waals surface area contributed by atoms with Gasteiger partial charge in [-0.2, -0.15) is 0 Å². The van der Waals surface area contributed by atoms with Crippen LogP contribution in [0.15, 0.2) is 24.3 Å². The zero-order valence-electron chi connectivity index (χ0n) is 14.8. The van der Waals surface area contributed by atoms with Gasteiger partial charge in [-0.1, -0.05) is 25.0 Å². The molecule has 1 aromatic heterocycles. The lowest BCUT2D eigenvalue weighted by molar-refractivity contribution is 0.305. The predicted octanol–water partition coefficient (Wildman–Crippen LogP) is 4.71. The number of hydrogen-bond donors (Lipinski definition) is 0. The summed E-state index contributed by atoms with van der Waals surface area (Å²) >= 11 is 0. The van der Waals surface area contributed by atoms with Gasteiger partial charge in [0.25, 0.3) is 0 Å². The van der Waals surface area contributed by atoms with Gasteiger partial charge in [0, 0.05) is 24.5 Å². The molecule has 0 amide bonds. The number of anilines is 1. The van der Waals surface area contributed by atoms with E-state index in [1.807, 2.05) is 0 Å². The second-order valence-corrected chi connectivity index (χ2v) is 7.06. The van der Waals surface area contributed by atoms with Crippen LogP contribution in [0.1, 0.15) is 53.8 Å². The molecule has 0 unspecified atom stereocenters. The van der Waals surface area contributed by atoms with Crippen molar-refractivity contribution in [2.45, 2.75) is 59.0 Å². The number of hydrogen-bond acceptors (Lipinski definition) is 3. The van der Waals surface area contributed by atoms with Gasteiger partial charge in [0.05, 0.1) is 12.3 Å². The number of aromatic nitrogens is 1. The summed E-state index contributed by atoms with van der Waals surface area (Å²) in [6.45, 7) is 7.16. The molecule has 2 aliphatic rings. The Labute approximate surface area is 144 Å². The summed E-state index contributed by atoms with van der Waals surface area (Å²) in [6.07, 6.45) is 5.95. The number of aryl methyl sites for hydroxylation is 2. The van der Waals surface area contributed by atoms with E-state index >= 15 is 0 Å². The third kappa shape index (κ3) is 2.77. The lowest BCUT2D eigenvalue weighted by atomic mass is 9.99. The minimum absolute atomic E-state index is 0.815. The van der Waals surface area contributed by atoms with E-state index in [9.17, 15) is 0 Å². The van der Waals surface area contributed by atoms with Gasteiger partial charge in [-0.25, -0.2) is 0 Å². The molecule has 3 heterocycles. The third-order valence-electron chi connectivity index (χ3n) is 5.46. The number of ether oxygens (including phenoxy) is 1. The van der Waals surface area contributed by atoms with E-state index in [0.29, 0.717) is 0 Å². The van der Waals surface area contributed by atoms with Crippen LogP contribution in [0, 0.1) is 13.8 Å². The Morgan fingerprint density at radius 3 is 2.67 bits per heavy atom. The molecule has 24 heavy (non-hydrogen) atoms. The van der Waals surface area contributed by atoms with Crippen LogP contribution in [0.2, 0.25) is 0 Å². The standard InChI is InChI=1S/C21H26N2O/c1-15-17-13-23-14-18(17)16(2)22-19(15)9-5-3-4-8-12-24-21-11-7-6-10-20(21)23/h6-7,10-11H,3-5,8-9,12-14H2,1-2H3. The zero-order chi connectivity index (χ0) is 16.5. The Morgan fingerprint density at radius 1 is 0.958 bits per heavy atom. The van der Waals surface area contributed by atoms with E-state index in [2.05, 4.69) is 43.0 Å². The molecule has 1 aromatic carbocycles. The van der Waals surface area contributed by atoms with Gasteiger partial charge in [0.1, 0.15) is 5.75 Å². The smallest absolute Gasteiger partial charge is 0.142 e. The van der Waals surface area contributed by atoms with Gasteiger partial charge in [-0.15, -0.1) is 0 Å². The molecule has 0 fully saturated rings. The molecule has 3 bridgehead atoms. The zero-order valence-corrected chi connectivity index (χ0v) is 14.8. The van der Waals surface area contributed by atoms with Crippen molar-refractivity contribution in [3.05, 3.63) is 52.3 Å². The molecule has 2 aromatic rings. The minimum Gasteiger partial charge on any atom is -0.491 e. The van der Waals surface area contributed by atoms with Crippen molar-refractivity contribution in [2.75, 3.05) is 11.5 Å². The molecule has 0 spiro atoms. The highest BCUT2D eigenvalue weighted by Crippen LogP contribution is 2.37. The third-order valence-corrected chi connectivity index (χ3v) is 5.46. The van der Waals surface area contributed by atoms with Crippen molar-refractivity contribution in [1.82, 2.24) is 4.98 Å². The Bertz CT molecular complexity index is 754. The maximum atomic E-state index is 6.11. The van der Waals surface area contributed by atoms with Gasteiger partial charge in [-0.3, -0.25) is 4.98 Å². The largest absolute Gasteiger partial charge is 0.491 e. The number of rotatable bonds is 0. The predicted molar refractivity (Wildman–Crippen MR) is 97.7 cm³/mol. The molecule has 0 radical (unpaired) electrons. The van der Waals surface area contributed by atoms with Crippen LogP contribution in [-0.4, -0.2) is 11.6 Å². The quantitative estimate of drug-likeness (QED) is 0.702. The number of para-hydroxylation sites is 2. The number of nitrogens with zero attached hydrogens (tertiary/aromatic N) is 2. The number of benzene rings is 1. The van der Waals surface area contributed by atoms with Crippen molar-refractivity contribution >= 4 is 5.69 Å². The number of fused-ring (bicyclic) bond motifs is 4. The lowest BCUT2D eigenvalue weighted by Gasteiger charge is -2.21. The normalized spacial score (nSPS) is 17.3. The van der Waals surface area contributed by atoms with E-state index in [-0.39, 0.29) is 0 Å². The van der Waals surface area contributed by atoms with E-state index in [4.69, 9.17) is 9.72 Å². The van der Waals surface area contributed by atoms with Crippen molar-refractivity contribution in [1.29, 1.82) is 0 Å². The molecular formula is C21H26N2O. The summed E-state index contributed by atoms with van der Waals surface area (Å²) in [7, 11) is 0. The fourth-order valence-electron chi connectivity index (χ4n) is 4.02. The van der Waals surface area contributed by atoms with Crippen molar-refractivity contribution in [3.8, 4) is 5.75 Å². The fourth-order valence-corrected chi connectivity index (χ4v) is 4.02. The first-order valence-corrected chi connectivity index (χ1v) is 9.18. The molecule has 3 nitrogen and oxygen atoms in total. The maximum Gasteiger partial charge on any atom is 0.142 e. The average Bonchev–Trinajstić information content (AvgIpc) is 3.04. The molecule has 0 saturated heterocycles. The molecule has 0 aliphatic carbocycles. The minimum atomic E-state index is 0.815. The van der Waals surface area contributed by atoms with E-state index in [1.165, 1.54) is 53.0 Å². The first kappa shape index (κ1) is 15.5. The summed E-state index contributed by atoms with van der Waals surface area (Å²) in [5, 5.41) is 0. The van der Waals surface area contributed by atoms with Crippen LogP contribution < -0.4 is 9.64 Å². The molecule has 3 heteroatoms. The van der Waals surface area contributed by atoms with Crippen molar-refractivity contribution < 1.29 is 4.74 Å². The van der Waals surface area contributed by atoms with Crippen LogP contribution in [0.5, 0.6) is 5.75 Å². The highest BCUT2D eigenvalue weighted by molar-refractivity contribution is 5.62. The Morgan fingerprint density at radius 2 is 1.75 bits per heavy atom. The summed E-state index contributed by atoms with van der Waals surface area (Å²) in [6, 6.07) is 8.47. The summed E-state index contributed by atoms with van der Waals surface area (Å²) in [5.74, 6) is 1.02. The van der Waals surface area contributed by atoms with Gasteiger partial charge >= 0.3 is 0 Å². The second-order valence-electron chi connectivity index (χ2n) is 7.06. The van der Waals surface area contributed by atoms with E-state index in [1.54, 1.807) is 0 Å². The average molecular weight is 322 g/mol. The fraction of sp³-hybridized carbons (Fsp3) is 0.476. The number of pyridine rings is 1. The Kier molecular flexibility index (Phi) is 4.17. The monoisotopic (exact) mass is 322 g/mol. The van der Waals surface area contributed by atoms with Crippen LogP contribution >= 0.6 is 0 Å². The summed E-state index contributed by atoms with van der Waals surface area (Å²) in [4.78, 5) is 7.39. The SMILES string of the molecule is Cc1nc2c(C)c3c1CN(C3)c1ccccc1OCCCCCC2. The summed E-state index contributed by atoms with van der Waals surface area (Å²) in [5.41, 5.74) is 8.06.